The molecule has 2 atom stereocenters. The highest BCUT2D eigenvalue weighted by atomic mass is 19.4. The van der Waals surface area contributed by atoms with Gasteiger partial charge in [0.25, 0.3) is 0 Å². The minimum absolute atomic E-state index is 0.0890. The largest absolute Gasteiger partial charge is 0.481 e. The summed E-state index contributed by atoms with van der Waals surface area (Å²) in [5.74, 6) is -0.767. The Balaban J connectivity index is 2.53. The van der Waals surface area contributed by atoms with Gasteiger partial charge in [0.2, 0.25) is 0 Å². The summed E-state index contributed by atoms with van der Waals surface area (Å²) in [5.41, 5.74) is 1.13. The number of carboxylic acids is 1. The molecule has 0 spiro atoms. The molecule has 0 aliphatic rings. The van der Waals surface area contributed by atoms with Crippen molar-refractivity contribution in [2.45, 2.75) is 51.8 Å². The highest BCUT2D eigenvalue weighted by Crippen LogP contribution is 2.41. The van der Waals surface area contributed by atoms with E-state index >= 15 is 0 Å². The number of carboxylic acid groups (broad SMARTS) is 1. The topological polar surface area (TPSA) is 84.3 Å². The van der Waals surface area contributed by atoms with Crippen molar-refractivity contribution in [2.24, 2.45) is 0 Å². The maximum absolute atomic E-state index is 13.6. The van der Waals surface area contributed by atoms with Crippen LogP contribution in [0, 0.1) is 6.92 Å². The molecule has 1 aromatic carbocycles. The first-order valence-corrected chi connectivity index (χ1v) is 9.25. The molecule has 0 saturated carbocycles. The molecule has 0 saturated heterocycles. The maximum Gasteiger partial charge on any atom is 0.418 e. The average molecular weight is 411 g/mol. The fraction of sp³-hybridized carbons (Fsp3) is 0.450. The van der Waals surface area contributed by atoms with Crippen LogP contribution in [0.2, 0.25) is 0 Å². The summed E-state index contributed by atoms with van der Waals surface area (Å²) in [4.78, 5) is 19.2. The molecule has 1 heterocycles. The van der Waals surface area contributed by atoms with Crippen molar-refractivity contribution in [2.75, 3.05) is 11.9 Å². The monoisotopic (exact) mass is 411 g/mol. The number of nitrogens with zero attached hydrogens (tertiary/aromatic N) is 2. The number of nitrogens with one attached hydrogen (secondary N) is 1. The van der Waals surface area contributed by atoms with Crippen molar-refractivity contribution in [1.82, 2.24) is 9.97 Å². The summed E-state index contributed by atoms with van der Waals surface area (Å²) in [6.07, 6.45) is -3.37. The molecule has 0 fully saturated rings. The minimum Gasteiger partial charge on any atom is -0.481 e. The molecule has 0 aliphatic heterocycles. The first-order chi connectivity index (χ1) is 13.7. The number of halogens is 3. The number of ether oxygens (including phenoxy) is 1. The van der Waals surface area contributed by atoms with E-state index < -0.39 is 18.2 Å². The van der Waals surface area contributed by atoms with Gasteiger partial charge in [0.1, 0.15) is 5.82 Å². The first kappa shape index (κ1) is 22.6. The van der Waals surface area contributed by atoms with Gasteiger partial charge in [-0.1, -0.05) is 19.1 Å². The van der Waals surface area contributed by atoms with Crippen LogP contribution in [0.1, 0.15) is 55.7 Å². The summed E-state index contributed by atoms with van der Waals surface area (Å²) in [6.45, 7) is 4.91. The molecule has 1 aromatic heterocycles. The number of alkyl halides is 3. The van der Waals surface area contributed by atoms with Gasteiger partial charge in [0.15, 0.2) is 6.10 Å². The molecule has 0 amide bonds. The standard InChI is InChI=1S/C20H24F3N3O3/c1-4-13(9-18(27)28)14-6-7-16(19(29-5-2)20(21,22)23)17(8-14)26-15-10-24-12(3)25-11-15/h6-8,10-11,13,19,26H,4-5,9H2,1-3H3,(H,27,28)/t13-,19+/m0/s1. The van der Waals surface area contributed by atoms with Crippen LogP contribution in [0.3, 0.4) is 0 Å². The molecule has 2 aromatic rings. The molecule has 9 heteroatoms. The van der Waals surface area contributed by atoms with E-state index in [1.54, 1.807) is 13.0 Å². The zero-order valence-corrected chi connectivity index (χ0v) is 16.5. The van der Waals surface area contributed by atoms with Crippen LogP contribution in [0.25, 0.3) is 0 Å². The normalized spacial score (nSPS) is 13.7. The summed E-state index contributed by atoms with van der Waals surface area (Å²) < 4.78 is 45.8. The van der Waals surface area contributed by atoms with Crippen molar-refractivity contribution >= 4 is 17.3 Å². The average Bonchev–Trinajstić information content (AvgIpc) is 2.65. The van der Waals surface area contributed by atoms with Gasteiger partial charge < -0.3 is 15.2 Å². The third-order valence-electron chi connectivity index (χ3n) is 4.44. The fourth-order valence-corrected chi connectivity index (χ4v) is 3.01. The Morgan fingerprint density at radius 3 is 2.41 bits per heavy atom. The van der Waals surface area contributed by atoms with Gasteiger partial charge in [-0.3, -0.25) is 4.79 Å². The van der Waals surface area contributed by atoms with Crippen LogP contribution in [0.5, 0.6) is 0 Å². The van der Waals surface area contributed by atoms with Crippen molar-refractivity contribution in [3.8, 4) is 0 Å². The van der Waals surface area contributed by atoms with E-state index in [9.17, 15) is 18.0 Å². The predicted molar refractivity (Wildman–Crippen MR) is 102 cm³/mol. The van der Waals surface area contributed by atoms with E-state index in [4.69, 9.17) is 9.84 Å². The number of anilines is 2. The number of aliphatic carboxylic acids is 1. The van der Waals surface area contributed by atoms with E-state index in [2.05, 4.69) is 15.3 Å². The second-order valence-corrected chi connectivity index (χ2v) is 6.57. The Hall–Kier alpha value is -2.68. The van der Waals surface area contributed by atoms with Crippen molar-refractivity contribution < 1.29 is 27.8 Å². The molecule has 0 unspecified atom stereocenters. The molecule has 6 nitrogen and oxygen atoms in total. The molecule has 2 N–H and O–H groups in total. The lowest BCUT2D eigenvalue weighted by molar-refractivity contribution is -0.222. The minimum atomic E-state index is -4.61. The smallest absolute Gasteiger partial charge is 0.418 e. The summed E-state index contributed by atoms with van der Waals surface area (Å²) in [7, 11) is 0. The Kier molecular flexibility index (Phi) is 7.55. The Morgan fingerprint density at radius 2 is 1.90 bits per heavy atom. The van der Waals surface area contributed by atoms with Crippen LogP contribution >= 0.6 is 0 Å². The zero-order chi connectivity index (χ0) is 21.6. The lowest BCUT2D eigenvalue weighted by Gasteiger charge is -2.25. The number of aryl methyl sites for hydroxylation is 1. The third kappa shape index (κ3) is 6.15. The number of hydrogen-bond donors (Lipinski definition) is 2. The summed E-state index contributed by atoms with van der Waals surface area (Å²) in [5, 5.41) is 12.1. The lowest BCUT2D eigenvalue weighted by atomic mass is 9.91. The maximum atomic E-state index is 13.6. The lowest BCUT2D eigenvalue weighted by Crippen LogP contribution is -2.24. The van der Waals surface area contributed by atoms with Gasteiger partial charge in [0.05, 0.1) is 24.5 Å². The van der Waals surface area contributed by atoms with Crippen LogP contribution in [-0.2, 0) is 9.53 Å². The second kappa shape index (κ2) is 9.69. The van der Waals surface area contributed by atoms with Gasteiger partial charge in [-0.25, -0.2) is 9.97 Å². The third-order valence-corrected chi connectivity index (χ3v) is 4.44. The van der Waals surface area contributed by atoms with E-state index in [1.165, 1.54) is 31.5 Å². The fourth-order valence-electron chi connectivity index (χ4n) is 3.01. The first-order valence-electron chi connectivity index (χ1n) is 9.25. The van der Waals surface area contributed by atoms with E-state index in [-0.39, 0.29) is 30.2 Å². The SMILES string of the molecule is CCO[C@H](c1ccc([C@@H](CC)CC(=O)O)cc1Nc1cnc(C)nc1)C(F)(F)F. The molecule has 2 rings (SSSR count). The van der Waals surface area contributed by atoms with Gasteiger partial charge in [0, 0.05) is 17.9 Å². The van der Waals surface area contributed by atoms with Crippen molar-refractivity contribution in [3.05, 3.63) is 47.5 Å². The molecular formula is C20H24F3N3O3. The molecule has 0 bridgehead atoms. The number of aromatic nitrogens is 2. The Labute approximate surface area is 167 Å². The highest BCUT2D eigenvalue weighted by molar-refractivity contribution is 5.69. The van der Waals surface area contributed by atoms with Gasteiger partial charge in [-0.2, -0.15) is 13.2 Å². The Morgan fingerprint density at radius 1 is 1.24 bits per heavy atom. The number of hydrogen-bond acceptors (Lipinski definition) is 5. The quantitative estimate of drug-likeness (QED) is 0.595. The number of carbonyl (C=O) groups is 1. The van der Waals surface area contributed by atoms with E-state index in [0.717, 1.165) is 0 Å². The van der Waals surface area contributed by atoms with Crippen LogP contribution in [0.4, 0.5) is 24.5 Å². The van der Waals surface area contributed by atoms with Crippen LogP contribution < -0.4 is 5.32 Å². The Bertz CT molecular complexity index is 826. The molecule has 0 aliphatic carbocycles. The van der Waals surface area contributed by atoms with Crippen molar-refractivity contribution in [3.63, 3.8) is 0 Å². The molecular weight excluding hydrogens is 387 g/mol. The van der Waals surface area contributed by atoms with E-state index in [1.807, 2.05) is 6.92 Å². The van der Waals surface area contributed by atoms with E-state index in [0.29, 0.717) is 23.5 Å². The predicted octanol–water partition coefficient (Wildman–Crippen LogP) is 5.14. The van der Waals surface area contributed by atoms with Gasteiger partial charge in [-0.05, 0) is 37.8 Å². The van der Waals surface area contributed by atoms with Crippen molar-refractivity contribution in [1.29, 1.82) is 0 Å². The van der Waals surface area contributed by atoms with Crippen LogP contribution in [-0.4, -0.2) is 33.8 Å². The summed E-state index contributed by atoms with van der Waals surface area (Å²) >= 11 is 0. The van der Waals surface area contributed by atoms with Gasteiger partial charge >= 0.3 is 12.1 Å². The second-order valence-electron chi connectivity index (χ2n) is 6.57. The highest BCUT2D eigenvalue weighted by Gasteiger charge is 2.43. The van der Waals surface area contributed by atoms with Gasteiger partial charge in [-0.15, -0.1) is 0 Å². The zero-order valence-electron chi connectivity index (χ0n) is 16.5. The number of benzene rings is 1. The molecule has 0 radical (unpaired) electrons. The number of rotatable bonds is 9. The summed E-state index contributed by atoms with van der Waals surface area (Å²) in [6, 6.07) is 4.41. The molecule has 29 heavy (non-hydrogen) atoms. The van der Waals surface area contributed by atoms with Crippen LogP contribution in [0.15, 0.2) is 30.6 Å². The molecule has 158 valence electrons.